The molecular formula is C16H16ClFN4O4S. The van der Waals surface area contributed by atoms with Crippen LogP contribution in [0.15, 0.2) is 35.5 Å². The van der Waals surface area contributed by atoms with Crippen LogP contribution in [0.3, 0.4) is 0 Å². The van der Waals surface area contributed by atoms with E-state index in [4.69, 9.17) is 21.1 Å². The minimum atomic E-state index is -3.96. The average molecular weight is 415 g/mol. The van der Waals surface area contributed by atoms with Crippen LogP contribution in [0.5, 0.6) is 11.6 Å². The van der Waals surface area contributed by atoms with Crippen molar-refractivity contribution >= 4 is 38.5 Å². The van der Waals surface area contributed by atoms with Gasteiger partial charge in [0.05, 0.1) is 26.6 Å². The summed E-state index contributed by atoms with van der Waals surface area (Å²) in [4.78, 5) is 10.8. The fourth-order valence-electron chi connectivity index (χ4n) is 2.36. The summed E-state index contributed by atoms with van der Waals surface area (Å²) in [6, 6.07) is 4.82. The summed E-state index contributed by atoms with van der Waals surface area (Å²) in [5, 5.41) is 0.961. The third kappa shape index (κ3) is 4.22. The number of H-pyrrole nitrogens is 1. The van der Waals surface area contributed by atoms with Crippen molar-refractivity contribution in [2.75, 3.05) is 25.1 Å². The van der Waals surface area contributed by atoms with Gasteiger partial charge in [-0.3, -0.25) is 4.39 Å². The lowest BCUT2D eigenvalue weighted by Crippen LogP contribution is -2.15. The Kier molecular flexibility index (Phi) is 5.66. The summed E-state index contributed by atoms with van der Waals surface area (Å²) >= 11 is 5.91. The molecule has 11 heteroatoms. The molecule has 2 N–H and O–H groups in total. The molecule has 3 rings (SSSR count). The molecule has 0 radical (unpaired) electrons. The van der Waals surface area contributed by atoms with E-state index in [1.54, 1.807) is 18.2 Å². The number of aromatic nitrogens is 3. The van der Waals surface area contributed by atoms with Crippen LogP contribution in [0.4, 0.5) is 10.3 Å². The van der Waals surface area contributed by atoms with Crippen molar-refractivity contribution in [1.29, 1.82) is 0 Å². The monoisotopic (exact) mass is 414 g/mol. The van der Waals surface area contributed by atoms with Crippen molar-refractivity contribution < 1.29 is 22.3 Å². The van der Waals surface area contributed by atoms with Crippen LogP contribution in [0, 0.1) is 0 Å². The average Bonchev–Trinajstić information content (AvgIpc) is 3.06. The Morgan fingerprint density at radius 3 is 2.93 bits per heavy atom. The van der Waals surface area contributed by atoms with E-state index in [1.165, 1.54) is 19.5 Å². The molecule has 0 spiro atoms. The number of methoxy groups -OCH3 is 1. The number of hydrogen-bond donors (Lipinski definition) is 2. The van der Waals surface area contributed by atoms with Gasteiger partial charge >= 0.3 is 0 Å². The molecule has 0 atom stereocenters. The number of hydrogen-bond acceptors (Lipinski definition) is 6. The first-order valence-electron chi connectivity index (χ1n) is 7.84. The first-order valence-corrected chi connectivity index (χ1v) is 9.70. The predicted octanol–water partition coefficient (Wildman–Crippen LogP) is 3.16. The van der Waals surface area contributed by atoms with E-state index in [0.717, 1.165) is 0 Å². The van der Waals surface area contributed by atoms with Gasteiger partial charge in [-0.15, -0.1) is 0 Å². The van der Waals surface area contributed by atoms with Crippen LogP contribution >= 0.6 is 11.6 Å². The smallest absolute Gasteiger partial charge is 0.266 e. The van der Waals surface area contributed by atoms with Crippen LogP contribution < -0.4 is 14.2 Å². The van der Waals surface area contributed by atoms with E-state index in [0.29, 0.717) is 15.9 Å². The summed E-state index contributed by atoms with van der Waals surface area (Å²) in [7, 11) is -2.61. The Balaban J connectivity index is 1.86. The highest BCUT2D eigenvalue weighted by atomic mass is 35.5. The maximum absolute atomic E-state index is 12.7. The zero-order valence-electron chi connectivity index (χ0n) is 14.2. The summed E-state index contributed by atoms with van der Waals surface area (Å²) in [5.74, 6) is 0.0379. The van der Waals surface area contributed by atoms with E-state index in [1.807, 2.05) is 0 Å². The zero-order valence-corrected chi connectivity index (χ0v) is 15.8. The Labute approximate surface area is 159 Å². The van der Waals surface area contributed by atoms with E-state index in [2.05, 4.69) is 19.7 Å². The molecule has 0 aliphatic carbocycles. The highest BCUT2D eigenvalue weighted by Gasteiger charge is 2.21. The van der Waals surface area contributed by atoms with Gasteiger partial charge in [0.1, 0.15) is 4.90 Å². The topological polar surface area (TPSA) is 106 Å². The maximum Gasteiger partial charge on any atom is 0.266 e. The number of nitrogens with zero attached hydrogens (tertiary/aromatic N) is 2. The first kappa shape index (κ1) is 19.2. The lowest BCUT2D eigenvalue weighted by Gasteiger charge is -2.11. The summed E-state index contributed by atoms with van der Waals surface area (Å²) in [6.45, 7) is -0.393. The van der Waals surface area contributed by atoms with Crippen LogP contribution in [0.2, 0.25) is 5.02 Å². The number of halogens is 2. The molecule has 1 aromatic carbocycles. The van der Waals surface area contributed by atoms with Gasteiger partial charge in [0.15, 0.2) is 5.75 Å². The molecule has 2 heterocycles. The maximum atomic E-state index is 12.7. The van der Waals surface area contributed by atoms with Crippen molar-refractivity contribution in [2.24, 2.45) is 0 Å². The van der Waals surface area contributed by atoms with Crippen LogP contribution in [0.1, 0.15) is 6.42 Å². The number of sulfonamides is 1. The van der Waals surface area contributed by atoms with E-state index >= 15 is 0 Å². The summed E-state index contributed by atoms with van der Waals surface area (Å²) in [6.07, 6.45) is 2.83. The van der Waals surface area contributed by atoms with Crippen molar-refractivity contribution in [3.63, 3.8) is 0 Å². The second kappa shape index (κ2) is 7.97. The number of ether oxygens (including phenoxy) is 2. The van der Waals surface area contributed by atoms with Gasteiger partial charge in [0.25, 0.3) is 15.9 Å². The number of nitrogens with one attached hydrogen (secondary N) is 2. The fraction of sp³-hybridized carbons (Fsp3) is 0.250. The Hall–Kier alpha value is -2.59. The summed E-state index contributed by atoms with van der Waals surface area (Å²) in [5.41, 5.74) is 0.581. The molecule has 2 aromatic heterocycles. The van der Waals surface area contributed by atoms with Crippen LogP contribution in [-0.2, 0) is 10.0 Å². The van der Waals surface area contributed by atoms with E-state index in [-0.39, 0.29) is 35.5 Å². The second-order valence-electron chi connectivity index (χ2n) is 5.41. The minimum Gasteiger partial charge on any atom is -0.487 e. The zero-order chi connectivity index (χ0) is 19.4. The standard InChI is InChI=1S/C16H16ClFN4O4S/c1-25-15-13(26-6-2-5-18)8-20-16(21-15)22-27(23,24)14-9-19-12-7-10(17)3-4-11(12)14/h3-4,7-9,19H,2,5-6H2,1H3,(H,20,21,22). The second-order valence-corrected chi connectivity index (χ2v) is 7.49. The molecule has 0 saturated carbocycles. The largest absolute Gasteiger partial charge is 0.487 e. The molecule has 0 aliphatic rings. The van der Waals surface area contributed by atoms with Crippen LogP contribution in [0.25, 0.3) is 10.9 Å². The van der Waals surface area contributed by atoms with Gasteiger partial charge in [-0.25, -0.2) is 18.1 Å². The molecule has 0 unspecified atom stereocenters. The number of rotatable bonds is 8. The van der Waals surface area contributed by atoms with Gasteiger partial charge in [0.2, 0.25) is 5.95 Å². The third-order valence-corrected chi connectivity index (χ3v) is 5.18. The number of alkyl halides is 1. The molecule has 0 saturated heterocycles. The highest BCUT2D eigenvalue weighted by Crippen LogP contribution is 2.28. The first-order chi connectivity index (χ1) is 12.9. The lowest BCUT2D eigenvalue weighted by atomic mass is 10.2. The Morgan fingerprint density at radius 2 is 2.19 bits per heavy atom. The fourth-order valence-corrected chi connectivity index (χ4v) is 3.66. The Morgan fingerprint density at radius 1 is 1.37 bits per heavy atom. The van der Waals surface area contributed by atoms with E-state index in [9.17, 15) is 12.8 Å². The molecule has 3 aromatic rings. The Bertz CT molecular complexity index is 1060. The molecule has 0 bridgehead atoms. The molecule has 8 nitrogen and oxygen atoms in total. The molecule has 0 amide bonds. The minimum absolute atomic E-state index is 0.0278. The summed E-state index contributed by atoms with van der Waals surface area (Å²) < 4.78 is 50.3. The number of anilines is 1. The molecule has 0 aliphatic heterocycles. The van der Waals surface area contributed by atoms with E-state index < -0.39 is 16.7 Å². The van der Waals surface area contributed by atoms with Crippen molar-refractivity contribution in [2.45, 2.75) is 11.3 Å². The van der Waals surface area contributed by atoms with Gasteiger partial charge in [-0.05, 0) is 18.2 Å². The van der Waals surface area contributed by atoms with Gasteiger partial charge in [-0.1, -0.05) is 11.6 Å². The SMILES string of the molecule is COc1nc(NS(=O)(=O)c2c[nH]c3cc(Cl)ccc23)ncc1OCCCF. The number of aromatic amines is 1. The number of fused-ring (bicyclic) bond motifs is 1. The predicted molar refractivity (Wildman–Crippen MR) is 98.8 cm³/mol. The van der Waals surface area contributed by atoms with Gasteiger partial charge < -0.3 is 14.5 Å². The number of benzene rings is 1. The third-order valence-electron chi connectivity index (χ3n) is 3.57. The quantitative estimate of drug-likeness (QED) is 0.548. The molecule has 0 fully saturated rings. The lowest BCUT2D eigenvalue weighted by molar-refractivity contribution is 0.268. The van der Waals surface area contributed by atoms with Gasteiger partial charge in [-0.2, -0.15) is 4.98 Å². The molecule has 144 valence electrons. The van der Waals surface area contributed by atoms with Crippen molar-refractivity contribution in [3.05, 3.63) is 35.6 Å². The van der Waals surface area contributed by atoms with Gasteiger partial charge in [0, 0.05) is 28.5 Å². The molecular weight excluding hydrogens is 399 g/mol. The highest BCUT2D eigenvalue weighted by molar-refractivity contribution is 7.93. The van der Waals surface area contributed by atoms with Crippen LogP contribution in [-0.4, -0.2) is 43.8 Å². The normalized spacial score (nSPS) is 11.5. The van der Waals surface area contributed by atoms with Crippen molar-refractivity contribution in [3.8, 4) is 11.6 Å². The molecule has 27 heavy (non-hydrogen) atoms. The van der Waals surface area contributed by atoms with Crippen molar-refractivity contribution in [1.82, 2.24) is 15.0 Å².